The second-order valence-electron chi connectivity index (χ2n) is 8.36. The molecule has 1 aliphatic heterocycles. The van der Waals surface area contributed by atoms with Crippen LogP contribution in [0.2, 0.25) is 0 Å². The number of alkyl halides is 3. The van der Waals surface area contributed by atoms with Crippen LogP contribution < -0.4 is 27.0 Å². The molecule has 0 aliphatic carbocycles. The Hall–Kier alpha value is -3.43. The van der Waals surface area contributed by atoms with E-state index in [9.17, 15) is 18.0 Å². The highest BCUT2D eigenvalue weighted by molar-refractivity contribution is 5.76. The van der Waals surface area contributed by atoms with Crippen molar-refractivity contribution in [2.24, 2.45) is 22.4 Å². The maximum atomic E-state index is 12.9. The van der Waals surface area contributed by atoms with Gasteiger partial charge < -0.3 is 27.0 Å². The molecule has 3 rings (SSSR count). The number of rotatable bonds is 9. The van der Waals surface area contributed by atoms with Gasteiger partial charge in [0.15, 0.2) is 5.96 Å². The van der Waals surface area contributed by atoms with Crippen LogP contribution in [-0.2, 0) is 11.3 Å². The van der Waals surface area contributed by atoms with E-state index in [1.54, 1.807) is 0 Å². The lowest BCUT2D eigenvalue weighted by Crippen LogP contribution is -2.38. The van der Waals surface area contributed by atoms with E-state index in [0.29, 0.717) is 39.0 Å². The first-order chi connectivity index (χ1) is 16.2. The number of carbonyl (C=O) groups excluding carboxylic acids is 1. The topological polar surface area (TPSA) is 109 Å². The molecule has 0 unspecified atom stereocenters. The average molecular weight is 477 g/mol. The van der Waals surface area contributed by atoms with Gasteiger partial charge in [-0.2, -0.15) is 13.2 Å². The molecular weight excluding hydrogens is 445 g/mol. The highest BCUT2D eigenvalue weighted by atomic mass is 19.4. The lowest BCUT2D eigenvalue weighted by atomic mass is 9.96. The molecule has 1 heterocycles. The first-order valence-electron chi connectivity index (χ1n) is 11.3. The van der Waals surface area contributed by atoms with Crippen LogP contribution in [0.1, 0.15) is 31.2 Å². The fourth-order valence-electron chi connectivity index (χ4n) is 3.83. The Labute approximate surface area is 197 Å². The number of hydrogen-bond acceptors (Lipinski definition) is 4. The van der Waals surface area contributed by atoms with Gasteiger partial charge in [-0.05, 0) is 61.2 Å². The number of guanidine groups is 1. The average Bonchev–Trinajstić information content (AvgIpc) is 2.81. The molecule has 2 aromatic rings. The third kappa shape index (κ3) is 7.86. The summed E-state index contributed by atoms with van der Waals surface area (Å²) in [5, 5.41) is 6.18. The number of hydrogen-bond donors (Lipinski definition) is 4. The van der Waals surface area contributed by atoms with E-state index in [4.69, 9.17) is 11.5 Å². The zero-order valence-corrected chi connectivity index (χ0v) is 18.9. The maximum absolute atomic E-state index is 12.9. The standard InChI is InChI=1S/C24H31F3N6O/c25-24(26,27)18-11-14-33(15-12-18)21-9-7-20(8-10-21)32-19-5-3-17(4-6-19)16-31-22(34)2-1-13-30-23(28)29/h3-10,18,32H,1-2,11-16H2,(H,31,34)(H4,28,29,30). The second-order valence-corrected chi connectivity index (χ2v) is 8.36. The molecule has 1 fully saturated rings. The van der Waals surface area contributed by atoms with E-state index >= 15 is 0 Å². The number of aliphatic imine (C=N–C) groups is 1. The largest absolute Gasteiger partial charge is 0.391 e. The van der Waals surface area contributed by atoms with Crippen LogP contribution in [-0.4, -0.2) is 37.7 Å². The Morgan fingerprint density at radius 1 is 1.00 bits per heavy atom. The molecule has 10 heteroatoms. The first kappa shape index (κ1) is 25.2. The van der Waals surface area contributed by atoms with Gasteiger partial charge in [-0.1, -0.05) is 12.1 Å². The summed E-state index contributed by atoms with van der Waals surface area (Å²) in [7, 11) is 0. The highest BCUT2D eigenvalue weighted by Crippen LogP contribution is 2.35. The minimum absolute atomic E-state index is 0.0228. The van der Waals surface area contributed by atoms with Crippen LogP contribution in [0.5, 0.6) is 0 Å². The Kier molecular flexibility index (Phi) is 8.61. The summed E-state index contributed by atoms with van der Waals surface area (Å²) in [5.74, 6) is -1.23. The van der Waals surface area contributed by atoms with Gasteiger partial charge in [0.2, 0.25) is 5.91 Å². The SMILES string of the molecule is NC(N)=NCCCC(=O)NCc1ccc(Nc2ccc(N3CCC(C(F)(F)F)CC3)cc2)cc1. The van der Waals surface area contributed by atoms with Gasteiger partial charge in [0, 0.05) is 49.7 Å². The Morgan fingerprint density at radius 3 is 2.15 bits per heavy atom. The Bertz CT molecular complexity index is 948. The van der Waals surface area contributed by atoms with E-state index in [-0.39, 0.29) is 24.7 Å². The molecule has 0 spiro atoms. The predicted octanol–water partition coefficient (Wildman–Crippen LogP) is 3.88. The molecule has 1 amide bonds. The molecular formula is C24H31F3N6O. The van der Waals surface area contributed by atoms with Gasteiger partial charge in [-0.3, -0.25) is 9.79 Å². The van der Waals surface area contributed by atoms with Gasteiger partial charge in [0.05, 0.1) is 5.92 Å². The van der Waals surface area contributed by atoms with Crippen LogP contribution in [0.3, 0.4) is 0 Å². The number of nitrogens with zero attached hydrogens (tertiary/aromatic N) is 2. The van der Waals surface area contributed by atoms with Crippen molar-refractivity contribution in [3.05, 3.63) is 54.1 Å². The normalized spacial score (nSPS) is 14.5. The van der Waals surface area contributed by atoms with Crippen LogP contribution in [0.15, 0.2) is 53.5 Å². The smallest absolute Gasteiger partial charge is 0.372 e. The van der Waals surface area contributed by atoms with Crippen molar-refractivity contribution < 1.29 is 18.0 Å². The van der Waals surface area contributed by atoms with Gasteiger partial charge in [-0.25, -0.2) is 0 Å². The number of piperidine rings is 1. The number of anilines is 3. The van der Waals surface area contributed by atoms with Crippen LogP contribution >= 0.6 is 0 Å². The molecule has 34 heavy (non-hydrogen) atoms. The molecule has 1 saturated heterocycles. The fraction of sp³-hybridized carbons (Fsp3) is 0.417. The monoisotopic (exact) mass is 476 g/mol. The minimum atomic E-state index is -4.10. The molecule has 0 atom stereocenters. The summed E-state index contributed by atoms with van der Waals surface area (Å²) in [6.07, 6.45) is -2.90. The zero-order chi connectivity index (χ0) is 24.6. The van der Waals surface area contributed by atoms with Crippen LogP contribution in [0.4, 0.5) is 30.2 Å². The van der Waals surface area contributed by atoms with Crippen LogP contribution in [0.25, 0.3) is 0 Å². The summed E-state index contributed by atoms with van der Waals surface area (Å²) in [6, 6.07) is 15.4. The van der Waals surface area contributed by atoms with E-state index < -0.39 is 12.1 Å². The molecule has 6 N–H and O–H groups in total. The third-order valence-corrected chi connectivity index (χ3v) is 5.78. The molecule has 7 nitrogen and oxygen atoms in total. The predicted molar refractivity (Wildman–Crippen MR) is 129 cm³/mol. The molecule has 184 valence electrons. The quantitative estimate of drug-likeness (QED) is 0.250. The summed E-state index contributed by atoms with van der Waals surface area (Å²) in [6.45, 7) is 1.67. The molecule has 1 aliphatic rings. The zero-order valence-electron chi connectivity index (χ0n) is 18.9. The van der Waals surface area contributed by atoms with Gasteiger partial charge in [0.1, 0.15) is 0 Å². The summed E-state index contributed by atoms with van der Waals surface area (Å²) < 4.78 is 38.6. The number of nitrogens with one attached hydrogen (secondary N) is 2. The van der Waals surface area contributed by atoms with E-state index in [1.165, 1.54) is 0 Å². The van der Waals surface area contributed by atoms with Crippen molar-refractivity contribution in [3.63, 3.8) is 0 Å². The van der Waals surface area contributed by atoms with Gasteiger partial charge >= 0.3 is 6.18 Å². The lowest BCUT2D eigenvalue weighted by Gasteiger charge is -2.34. The van der Waals surface area contributed by atoms with E-state index in [0.717, 1.165) is 22.6 Å². The third-order valence-electron chi connectivity index (χ3n) is 5.78. The molecule has 0 aromatic heterocycles. The number of nitrogens with two attached hydrogens (primary N) is 2. The summed E-state index contributed by atoms with van der Waals surface area (Å²) in [5.41, 5.74) is 14.2. The molecule has 0 radical (unpaired) electrons. The van der Waals surface area contributed by atoms with E-state index in [2.05, 4.69) is 15.6 Å². The van der Waals surface area contributed by atoms with Crippen molar-refractivity contribution in [2.75, 3.05) is 29.9 Å². The van der Waals surface area contributed by atoms with Crippen molar-refractivity contribution in [1.29, 1.82) is 0 Å². The van der Waals surface area contributed by atoms with Gasteiger partial charge in [-0.15, -0.1) is 0 Å². The molecule has 0 saturated carbocycles. The fourth-order valence-corrected chi connectivity index (χ4v) is 3.83. The van der Waals surface area contributed by atoms with Crippen LogP contribution in [0, 0.1) is 5.92 Å². The Morgan fingerprint density at radius 2 is 1.59 bits per heavy atom. The highest BCUT2D eigenvalue weighted by Gasteiger charge is 2.41. The number of benzene rings is 2. The number of amides is 1. The van der Waals surface area contributed by atoms with Crippen molar-refractivity contribution in [1.82, 2.24) is 5.32 Å². The number of halogens is 3. The molecule has 0 bridgehead atoms. The molecule has 2 aromatic carbocycles. The van der Waals surface area contributed by atoms with Crippen molar-refractivity contribution in [2.45, 2.75) is 38.4 Å². The van der Waals surface area contributed by atoms with E-state index in [1.807, 2.05) is 53.4 Å². The second kappa shape index (κ2) is 11.6. The lowest BCUT2D eigenvalue weighted by molar-refractivity contribution is -0.179. The van der Waals surface area contributed by atoms with Crippen molar-refractivity contribution >= 4 is 28.9 Å². The minimum Gasteiger partial charge on any atom is -0.372 e. The maximum Gasteiger partial charge on any atom is 0.391 e. The summed E-state index contributed by atoms with van der Waals surface area (Å²) >= 11 is 0. The first-order valence-corrected chi connectivity index (χ1v) is 11.3. The number of carbonyl (C=O) groups is 1. The Balaban J connectivity index is 1.43. The van der Waals surface area contributed by atoms with Crippen molar-refractivity contribution in [3.8, 4) is 0 Å². The van der Waals surface area contributed by atoms with Gasteiger partial charge in [0.25, 0.3) is 0 Å². The summed E-state index contributed by atoms with van der Waals surface area (Å²) in [4.78, 5) is 17.7.